The number of hydrogen-bond donors (Lipinski definition) is 1. The first-order chi connectivity index (χ1) is 8.25. The largest absolute Gasteiger partial charge is 0.315 e. The van der Waals surface area contributed by atoms with E-state index >= 15 is 0 Å². The fourth-order valence-corrected chi connectivity index (χ4v) is 3.62. The van der Waals surface area contributed by atoms with E-state index < -0.39 is 0 Å². The van der Waals surface area contributed by atoms with Gasteiger partial charge < -0.3 is 5.32 Å². The van der Waals surface area contributed by atoms with Crippen LogP contribution in [0.3, 0.4) is 0 Å². The minimum Gasteiger partial charge on any atom is -0.315 e. The van der Waals surface area contributed by atoms with Crippen molar-refractivity contribution in [3.63, 3.8) is 0 Å². The fraction of sp³-hybridized carbons (Fsp3) is 1.00. The summed E-state index contributed by atoms with van der Waals surface area (Å²) in [4.78, 5) is 2.65. The summed E-state index contributed by atoms with van der Waals surface area (Å²) in [5.74, 6) is 1.88. The number of hydrogen-bond acceptors (Lipinski definition) is 2. The van der Waals surface area contributed by atoms with Crippen molar-refractivity contribution in [1.29, 1.82) is 0 Å². The average Bonchev–Trinajstić information content (AvgIpc) is 2.65. The minimum atomic E-state index is 0.807. The standard InChI is InChI=1S/C15H30N2/c1-13-10-14(2)17(12-13)9-8-16-11-15-6-4-3-5-7-15/h13-16H,3-12H2,1-2H3. The monoisotopic (exact) mass is 238 g/mol. The Hall–Kier alpha value is -0.0800. The van der Waals surface area contributed by atoms with E-state index in [9.17, 15) is 0 Å². The Kier molecular flexibility index (Phi) is 5.30. The molecule has 1 aliphatic heterocycles. The van der Waals surface area contributed by atoms with Crippen molar-refractivity contribution in [3.8, 4) is 0 Å². The fourth-order valence-electron chi connectivity index (χ4n) is 3.62. The lowest BCUT2D eigenvalue weighted by Gasteiger charge is -2.24. The van der Waals surface area contributed by atoms with E-state index in [0.717, 1.165) is 17.9 Å². The van der Waals surface area contributed by atoms with E-state index in [4.69, 9.17) is 0 Å². The van der Waals surface area contributed by atoms with Gasteiger partial charge in [-0.1, -0.05) is 26.2 Å². The summed E-state index contributed by atoms with van der Waals surface area (Å²) in [5, 5.41) is 3.68. The molecule has 1 saturated carbocycles. The molecule has 0 aromatic heterocycles. The summed E-state index contributed by atoms with van der Waals surface area (Å²) in [5.41, 5.74) is 0. The van der Waals surface area contributed by atoms with Crippen LogP contribution in [0, 0.1) is 11.8 Å². The SMILES string of the molecule is CC1CC(C)N(CCNCC2CCCCC2)C1. The van der Waals surface area contributed by atoms with Crippen LogP contribution in [-0.2, 0) is 0 Å². The molecule has 1 aliphatic carbocycles. The zero-order valence-electron chi connectivity index (χ0n) is 11.8. The molecule has 2 heteroatoms. The summed E-state index contributed by atoms with van der Waals surface area (Å²) in [6.45, 7) is 9.77. The highest BCUT2D eigenvalue weighted by Crippen LogP contribution is 2.23. The van der Waals surface area contributed by atoms with E-state index in [1.165, 1.54) is 64.7 Å². The van der Waals surface area contributed by atoms with Crippen molar-refractivity contribution in [2.24, 2.45) is 11.8 Å². The highest BCUT2D eigenvalue weighted by Gasteiger charge is 2.25. The summed E-state index contributed by atoms with van der Waals surface area (Å²) >= 11 is 0. The molecule has 1 saturated heterocycles. The maximum Gasteiger partial charge on any atom is 0.0110 e. The Labute approximate surface area is 107 Å². The molecule has 1 heterocycles. The molecule has 1 N–H and O–H groups in total. The molecule has 2 aliphatic rings. The van der Waals surface area contributed by atoms with Gasteiger partial charge in [0.25, 0.3) is 0 Å². The molecule has 2 fully saturated rings. The molecule has 17 heavy (non-hydrogen) atoms. The third-order valence-corrected chi connectivity index (χ3v) is 4.65. The van der Waals surface area contributed by atoms with Gasteiger partial charge in [0.05, 0.1) is 0 Å². The molecular formula is C15H30N2. The Morgan fingerprint density at radius 1 is 1.12 bits per heavy atom. The van der Waals surface area contributed by atoms with Crippen LogP contribution in [-0.4, -0.2) is 37.1 Å². The lowest BCUT2D eigenvalue weighted by atomic mass is 9.89. The van der Waals surface area contributed by atoms with Crippen LogP contribution in [0.5, 0.6) is 0 Å². The number of nitrogens with zero attached hydrogens (tertiary/aromatic N) is 1. The molecule has 100 valence electrons. The highest BCUT2D eigenvalue weighted by molar-refractivity contribution is 4.80. The lowest BCUT2D eigenvalue weighted by Crippen LogP contribution is -2.36. The molecule has 0 aromatic rings. The van der Waals surface area contributed by atoms with Gasteiger partial charge >= 0.3 is 0 Å². The Balaban J connectivity index is 1.53. The summed E-state index contributed by atoms with van der Waals surface area (Å²) < 4.78 is 0. The van der Waals surface area contributed by atoms with E-state index in [1.807, 2.05) is 0 Å². The second kappa shape index (κ2) is 6.75. The predicted octanol–water partition coefficient (Wildman–Crippen LogP) is 2.89. The van der Waals surface area contributed by atoms with Gasteiger partial charge in [-0.2, -0.15) is 0 Å². The van der Waals surface area contributed by atoms with Crippen molar-refractivity contribution < 1.29 is 0 Å². The molecule has 0 radical (unpaired) electrons. The first-order valence-corrected chi connectivity index (χ1v) is 7.70. The Morgan fingerprint density at radius 2 is 1.88 bits per heavy atom. The molecule has 0 aromatic carbocycles. The van der Waals surface area contributed by atoms with E-state index in [0.29, 0.717) is 0 Å². The van der Waals surface area contributed by atoms with Crippen LogP contribution >= 0.6 is 0 Å². The van der Waals surface area contributed by atoms with Crippen LogP contribution in [0.15, 0.2) is 0 Å². The van der Waals surface area contributed by atoms with Gasteiger partial charge in [0.1, 0.15) is 0 Å². The number of likely N-dealkylation sites (tertiary alicyclic amines) is 1. The van der Waals surface area contributed by atoms with Crippen LogP contribution < -0.4 is 5.32 Å². The van der Waals surface area contributed by atoms with Crippen molar-refractivity contribution in [2.45, 2.75) is 58.4 Å². The molecule has 2 nitrogen and oxygen atoms in total. The zero-order chi connectivity index (χ0) is 12.1. The normalized spacial score (nSPS) is 32.1. The topological polar surface area (TPSA) is 15.3 Å². The van der Waals surface area contributed by atoms with Gasteiger partial charge in [-0.3, -0.25) is 4.90 Å². The van der Waals surface area contributed by atoms with Crippen LogP contribution in [0.4, 0.5) is 0 Å². The van der Waals surface area contributed by atoms with Crippen LogP contribution in [0.25, 0.3) is 0 Å². The Morgan fingerprint density at radius 3 is 2.53 bits per heavy atom. The van der Waals surface area contributed by atoms with E-state index in [-0.39, 0.29) is 0 Å². The average molecular weight is 238 g/mol. The second-order valence-corrected chi connectivity index (χ2v) is 6.39. The Bertz CT molecular complexity index is 211. The zero-order valence-corrected chi connectivity index (χ0v) is 11.8. The van der Waals surface area contributed by atoms with Crippen molar-refractivity contribution in [2.75, 3.05) is 26.2 Å². The molecule has 0 amide bonds. The smallest absolute Gasteiger partial charge is 0.0110 e. The highest BCUT2D eigenvalue weighted by atomic mass is 15.2. The maximum absolute atomic E-state index is 3.68. The molecule has 2 rings (SSSR count). The van der Waals surface area contributed by atoms with Crippen LogP contribution in [0.1, 0.15) is 52.4 Å². The summed E-state index contributed by atoms with van der Waals surface area (Å²) in [7, 11) is 0. The maximum atomic E-state index is 3.68. The van der Waals surface area contributed by atoms with Gasteiger partial charge in [0.15, 0.2) is 0 Å². The number of rotatable bonds is 5. The van der Waals surface area contributed by atoms with Crippen molar-refractivity contribution in [1.82, 2.24) is 10.2 Å². The van der Waals surface area contributed by atoms with Gasteiger partial charge in [-0.25, -0.2) is 0 Å². The van der Waals surface area contributed by atoms with Gasteiger partial charge in [0, 0.05) is 25.7 Å². The molecule has 2 unspecified atom stereocenters. The van der Waals surface area contributed by atoms with Gasteiger partial charge in [-0.15, -0.1) is 0 Å². The quantitative estimate of drug-likeness (QED) is 0.741. The van der Waals surface area contributed by atoms with Gasteiger partial charge in [-0.05, 0) is 44.6 Å². The van der Waals surface area contributed by atoms with Gasteiger partial charge in [0.2, 0.25) is 0 Å². The second-order valence-electron chi connectivity index (χ2n) is 6.39. The first-order valence-electron chi connectivity index (χ1n) is 7.70. The van der Waals surface area contributed by atoms with Crippen molar-refractivity contribution >= 4 is 0 Å². The van der Waals surface area contributed by atoms with Crippen LogP contribution in [0.2, 0.25) is 0 Å². The van der Waals surface area contributed by atoms with E-state index in [2.05, 4.69) is 24.1 Å². The number of nitrogens with one attached hydrogen (secondary N) is 1. The molecule has 2 atom stereocenters. The van der Waals surface area contributed by atoms with E-state index in [1.54, 1.807) is 0 Å². The molecular weight excluding hydrogens is 208 g/mol. The molecule has 0 spiro atoms. The molecule has 0 bridgehead atoms. The first kappa shape index (κ1) is 13.4. The van der Waals surface area contributed by atoms with Crippen molar-refractivity contribution in [3.05, 3.63) is 0 Å². The minimum absolute atomic E-state index is 0.807. The third kappa shape index (κ3) is 4.26. The summed E-state index contributed by atoms with van der Waals surface area (Å²) in [6, 6.07) is 0.807. The lowest BCUT2D eigenvalue weighted by molar-refractivity contribution is 0.258. The summed E-state index contributed by atoms with van der Waals surface area (Å²) in [6.07, 6.45) is 8.72. The predicted molar refractivity (Wildman–Crippen MR) is 74.3 cm³/mol. The third-order valence-electron chi connectivity index (χ3n) is 4.65.